The molecule has 4 rings (SSSR count). The summed E-state index contributed by atoms with van der Waals surface area (Å²) in [6.45, 7) is 3.68. The van der Waals surface area contributed by atoms with Crippen LogP contribution in [0.25, 0.3) is 0 Å². The lowest BCUT2D eigenvalue weighted by atomic mass is 9.70. The number of fused-ring (bicyclic) bond motifs is 2. The van der Waals surface area contributed by atoms with Crippen LogP contribution in [0.3, 0.4) is 0 Å². The van der Waals surface area contributed by atoms with E-state index in [-0.39, 0.29) is 6.10 Å². The third kappa shape index (κ3) is 1.11. The van der Waals surface area contributed by atoms with Crippen LogP contribution in [-0.4, -0.2) is 38.2 Å². The number of hydrogen-bond acceptors (Lipinski definition) is 2. The molecular formula is C13H20INO. The molecule has 0 amide bonds. The highest BCUT2D eigenvalue weighted by molar-refractivity contribution is 14.1. The Morgan fingerprint density at radius 2 is 2.12 bits per heavy atom. The molecule has 3 heterocycles. The van der Waals surface area contributed by atoms with Crippen molar-refractivity contribution in [3.63, 3.8) is 0 Å². The first-order valence-corrected chi connectivity index (χ1v) is 7.80. The zero-order chi connectivity index (χ0) is 11.1. The summed E-state index contributed by atoms with van der Waals surface area (Å²) in [5, 5.41) is 10.4. The van der Waals surface area contributed by atoms with Gasteiger partial charge in [-0.3, -0.25) is 4.90 Å². The lowest BCUT2D eigenvalue weighted by Gasteiger charge is -2.49. The molecule has 0 aromatic heterocycles. The SMILES string of the molecule is C[C@@H]1C[C@H]2[C@@H]3[C@H](O)C[C@H]4CN3[C@H](C1)[C@@]2(I)C4. The third-order valence-corrected chi connectivity index (χ3v) is 7.65. The first-order valence-electron chi connectivity index (χ1n) is 6.72. The lowest BCUT2D eigenvalue weighted by molar-refractivity contribution is -0.0242. The van der Waals surface area contributed by atoms with Crippen LogP contribution in [0.1, 0.15) is 32.6 Å². The largest absolute Gasteiger partial charge is 0.391 e. The summed E-state index contributed by atoms with van der Waals surface area (Å²) >= 11 is 2.77. The second-order valence-electron chi connectivity index (χ2n) is 6.69. The molecule has 4 fully saturated rings. The fraction of sp³-hybridized carbons (Fsp3) is 1.00. The molecule has 90 valence electrons. The van der Waals surface area contributed by atoms with E-state index < -0.39 is 0 Å². The Labute approximate surface area is 111 Å². The van der Waals surface area contributed by atoms with E-state index in [1.807, 2.05) is 0 Å². The van der Waals surface area contributed by atoms with Gasteiger partial charge in [0.05, 0.1) is 6.10 Å². The van der Waals surface area contributed by atoms with Crippen molar-refractivity contribution in [2.45, 2.75) is 54.2 Å². The van der Waals surface area contributed by atoms with Crippen molar-refractivity contribution in [1.29, 1.82) is 0 Å². The molecule has 2 nitrogen and oxygen atoms in total. The van der Waals surface area contributed by atoms with E-state index in [1.165, 1.54) is 25.8 Å². The summed E-state index contributed by atoms with van der Waals surface area (Å²) in [7, 11) is 0. The second kappa shape index (κ2) is 3.15. The molecule has 8 atom stereocenters. The van der Waals surface area contributed by atoms with Crippen molar-refractivity contribution < 1.29 is 5.11 Å². The second-order valence-corrected chi connectivity index (χ2v) is 8.69. The van der Waals surface area contributed by atoms with Crippen LogP contribution in [0.5, 0.6) is 0 Å². The molecule has 0 radical (unpaired) electrons. The summed E-state index contributed by atoms with van der Waals surface area (Å²) in [4.78, 5) is 2.70. The van der Waals surface area contributed by atoms with Gasteiger partial charge in [0.1, 0.15) is 0 Å². The average molecular weight is 333 g/mol. The first kappa shape index (κ1) is 10.6. The zero-order valence-electron chi connectivity index (χ0n) is 9.77. The number of rotatable bonds is 0. The Hall–Kier alpha value is 0.650. The minimum absolute atomic E-state index is 0.0318. The summed E-state index contributed by atoms with van der Waals surface area (Å²) in [5.41, 5.74) is 0. The molecule has 0 aromatic rings. The molecule has 1 unspecified atom stereocenters. The highest BCUT2D eigenvalue weighted by Gasteiger charge is 2.66. The maximum atomic E-state index is 10.4. The van der Waals surface area contributed by atoms with Crippen molar-refractivity contribution in [2.75, 3.05) is 6.54 Å². The normalized spacial score (nSPS) is 67.3. The predicted octanol–water partition coefficient (Wildman–Crippen LogP) is 2.04. The fourth-order valence-corrected chi connectivity index (χ4v) is 7.15. The van der Waals surface area contributed by atoms with Crippen molar-refractivity contribution in [3.8, 4) is 0 Å². The monoisotopic (exact) mass is 333 g/mol. The minimum atomic E-state index is -0.0318. The van der Waals surface area contributed by atoms with Gasteiger partial charge in [0.25, 0.3) is 0 Å². The molecule has 1 N–H and O–H groups in total. The number of nitrogens with zero attached hydrogens (tertiary/aromatic N) is 1. The smallest absolute Gasteiger partial charge is 0.0701 e. The number of alkyl halides is 1. The van der Waals surface area contributed by atoms with Crippen molar-refractivity contribution >= 4 is 22.6 Å². The van der Waals surface area contributed by atoms with Gasteiger partial charge < -0.3 is 5.11 Å². The highest BCUT2D eigenvalue weighted by atomic mass is 127. The van der Waals surface area contributed by atoms with Crippen molar-refractivity contribution in [3.05, 3.63) is 0 Å². The van der Waals surface area contributed by atoms with Crippen LogP contribution in [0.2, 0.25) is 0 Å². The Kier molecular flexibility index (Phi) is 2.08. The van der Waals surface area contributed by atoms with Crippen molar-refractivity contribution in [2.24, 2.45) is 17.8 Å². The fourth-order valence-electron chi connectivity index (χ4n) is 5.29. The van der Waals surface area contributed by atoms with Gasteiger partial charge in [0.2, 0.25) is 0 Å². The van der Waals surface area contributed by atoms with E-state index in [4.69, 9.17) is 0 Å². The van der Waals surface area contributed by atoms with Gasteiger partial charge in [-0.2, -0.15) is 0 Å². The van der Waals surface area contributed by atoms with Gasteiger partial charge in [0, 0.05) is 22.1 Å². The maximum absolute atomic E-state index is 10.4. The first-order chi connectivity index (χ1) is 7.59. The summed E-state index contributed by atoms with van der Waals surface area (Å²) in [5.74, 6) is 2.41. The van der Waals surface area contributed by atoms with E-state index in [9.17, 15) is 5.11 Å². The van der Waals surface area contributed by atoms with E-state index >= 15 is 0 Å². The van der Waals surface area contributed by atoms with E-state index in [2.05, 4.69) is 34.4 Å². The van der Waals surface area contributed by atoms with Crippen LogP contribution in [-0.2, 0) is 0 Å². The molecule has 1 aliphatic carbocycles. The minimum Gasteiger partial charge on any atom is -0.391 e. The van der Waals surface area contributed by atoms with Gasteiger partial charge in [-0.1, -0.05) is 29.5 Å². The molecule has 1 saturated carbocycles. The number of aliphatic hydroxyl groups excluding tert-OH is 1. The molecule has 3 heteroatoms. The van der Waals surface area contributed by atoms with Crippen LogP contribution in [0, 0.1) is 17.8 Å². The predicted molar refractivity (Wildman–Crippen MR) is 71.7 cm³/mol. The molecule has 3 aliphatic heterocycles. The van der Waals surface area contributed by atoms with E-state index in [1.54, 1.807) is 0 Å². The molecule has 4 aliphatic rings. The zero-order valence-corrected chi connectivity index (χ0v) is 11.9. The van der Waals surface area contributed by atoms with Gasteiger partial charge in [-0.25, -0.2) is 0 Å². The highest BCUT2D eigenvalue weighted by Crippen LogP contribution is 2.62. The number of piperidine rings is 2. The molecule has 16 heavy (non-hydrogen) atoms. The lowest BCUT2D eigenvalue weighted by Crippen LogP contribution is -2.56. The van der Waals surface area contributed by atoms with Crippen LogP contribution in [0.15, 0.2) is 0 Å². The summed E-state index contributed by atoms with van der Waals surface area (Å²) in [6, 6.07) is 1.28. The Balaban J connectivity index is 1.83. The van der Waals surface area contributed by atoms with Crippen LogP contribution in [0.4, 0.5) is 0 Å². The van der Waals surface area contributed by atoms with Gasteiger partial charge in [-0.05, 0) is 43.4 Å². The number of hydrogen-bond donors (Lipinski definition) is 1. The topological polar surface area (TPSA) is 23.5 Å². The van der Waals surface area contributed by atoms with Crippen molar-refractivity contribution in [1.82, 2.24) is 4.90 Å². The summed E-state index contributed by atoms with van der Waals surface area (Å²) < 4.78 is 0.509. The summed E-state index contributed by atoms with van der Waals surface area (Å²) in [6.07, 6.45) is 5.14. The molecule has 0 aromatic carbocycles. The molecule has 0 spiro atoms. The van der Waals surface area contributed by atoms with Crippen LogP contribution >= 0.6 is 22.6 Å². The number of aliphatic hydroxyl groups is 1. The molecule has 5 bridgehead atoms. The maximum Gasteiger partial charge on any atom is 0.0701 e. The Morgan fingerprint density at radius 1 is 1.31 bits per heavy atom. The molecular weight excluding hydrogens is 313 g/mol. The average Bonchev–Trinajstić information content (AvgIpc) is 2.37. The van der Waals surface area contributed by atoms with Gasteiger partial charge >= 0.3 is 0 Å². The molecule has 3 saturated heterocycles. The Bertz CT molecular complexity index is 336. The standard InChI is InChI=1S/C13H20INO/c1-7-2-9-12-10(16)4-8-5-13(9,14)11(3-7)15(12)6-8/h7-12,16H,2-6H2,1H3/t7-,8-,9+,10-,11-,12-,13-/m1/s1. The Morgan fingerprint density at radius 3 is 2.94 bits per heavy atom. The number of halogens is 1. The van der Waals surface area contributed by atoms with Gasteiger partial charge in [-0.15, -0.1) is 0 Å². The third-order valence-electron chi connectivity index (χ3n) is 5.69. The van der Waals surface area contributed by atoms with E-state index in [0.29, 0.717) is 9.46 Å². The van der Waals surface area contributed by atoms with Crippen LogP contribution < -0.4 is 0 Å². The van der Waals surface area contributed by atoms with E-state index in [0.717, 1.165) is 30.2 Å². The quantitative estimate of drug-likeness (QED) is 0.542. The van der Waals surface area contributed by atoms with Gasteiger partial charge in [0.15, 0.2) is 0 Å².